The molecule has 1 aromatic carbocycles. The van der Waals surface area contributed by atoms with Gasteiger partial charge in [0.1, 0.15) is 12.2 Å². The number of imidazole rings is 1. The highest BCUT2D eigenvalue weighted by molar-refractivity contribution is 6.34. The third kappa shape index (κ3) is 4.22. The fraction of sp³-hybridized carbons (Fsp3) is 0.174. The molecule has 1 fully saturated rings. The number of rotatable bonds is 5. The van der Waals surface area contributed by atoms with E-state index < -0.39 is 0 Å². The average Bonchev–Trinajstić information content (AvgIpc) is 3.46. The SMILES string of the molecule is N=C(N)c1c(Cl)cnc(N2CC[C@@H](NC(=O)c3ccc(-n4cnc5ncccc54)cc3Cl)C2)c1O. The third-order valence-electron chi connectivity index (χ3n) is 5.88. The fourth-order valence-corrected chi connectivity index (χ4v) is 4.68. The number of carbonyl (C=O) groups excluding carboxylic acids is 1. The highest BCUT2D eigenvalue weighted by Crippen LogP contribution is 2.34. The van der Waals surface area contributed by atoms with Crippen molar-refractivity contribution in [2.24, 2.45) is 5.73 Å². The summed E-state index contributed by atoms with van der Waals surface area (Å²) in [5, 5.41) is 21.6. The number of nitrogen functional groups attached to an aromatic ring is 1. The van der Waals surface area contributed by atoms with Gasteiger partial charge in [0.25, 0.3) is 5.91 Å². The Kier molecular flexibility index (Phi) is 5.91. The monoisotopic (exact) mass is 510 g/mol. The van der Waals surface area contributed by atoms with Crippen molar-refractivity contribution in [1.82, 2.24) is 24.8 Å². The lowest BCUT2D eigenvalue weighted by Gasteiger charge is -2.20. The summed E-state index contributed by atoms with van der Waals surface area (Å²) in [6.45, 7) is 0.952. The van der Waals surface area contributed by atoms with Gasteiger partial charge < -0.3 is 21.1 Å². The number of aromatic nitrogens is 4. The van der Waals surface area contributed by atoms with E-state index in [1.54, 1.807) is 30.7 Å². The molecule has 5 N–H and O–H groups in total. The molecule has 0 bridgehead atoms. The van der Waals surface area contributed by atoms with E-state index in [4.69, 9.17) is 34.3 Å². The average molecular weight is 511 g/mol. The number of carbonyl (C=O) groups is 1. The Bertz CT molecular complexity index is 1470. The highest BCUT2D eigenvalue weighted by atomic mass is 35.5. The van der Waals surface area contributed by atoms with Crippen molar-refractivity contribution in [3.05, 3.63) is 70.2 Å². The number of hydrogen-bond acceptors (Lipinski definition) is 7. The predicted octanol–water partition coefficient (Wildman–Crippen LogP) is 3.12. The molecular formula is C23H20Cl2N8O2. The van der Waals surface area contributed by atoms with Gasteiger partial charge in [0.15, 0.2) is 17.2 Å². The summed E-state index contributed by atoms with van der Waals surface area (Å²) >= 11 is 12.5. The van der Waals surface area contributed by atoms with Crippen LogP contribution in [0.15, 0.2) is 49.1 Å². The van der Waals surface area contributed by atoms with Crippen LogP contribution in [0.1, 0.15) is 22.3 Å². The van der Waals surface area contributed by atoms with E-state index in [0.717, 1.165) is 11.2 Å². The van der Waals surface area contributed by atoms with Crippen LogP contribution in [0.5, 0.6) is 5.75 Å². The molecule has 0 spiro atoms. The molecule has 35 heavy (non-hydrogen) atoms. The van der Waals surface area contributed by atoms with Crippen molar-refractivity contribution in [3.63, 3.8) is 0 Å². The number of nitrogens with one attached hydrogen (secondary N) is 2. The number of fused-ring (bicyclic) bond motifs is 1. The number of amidine groups is 1. The van der Waals surface area contributed by atoms with E-state index in [0.29, 0.717) is 35.7 Å². The number of pyridine rings is 2. The number of hydrogen-bond donors (Lipinski definition) is 4. The lowest BCUT2D eigenvalue weighted by Crippen LogP contribution is -2.37. The van der Waals surface area contributed by atoms with Crippen LogP contribution in [0.25, 0.3) is 16.9 Å². The van der Waals surface area contributed by atoms with Crippen LogP contribution in [-0.2, 0) is 0 Å². The maximum atomic E-state index is 13.0. The lowest BCUT2D eigenvalue weighted by atomic mass is 10.1. The Hall–Kier alpha value is -3.89. The van der Waals surface area contributed by atoms with E-state index >= 15 is 0 Å². The number of nitrogens with two attached hydrogens (primary N) is 1. The molecule has 0 radical (unpaired) electrons. The molecule has 4 aromatic rings. The van der Waals surface area contributed by atoms with Gasteiger partial charge in [-0.25, -0.2) is 15.0 Å². The second-order valence-electron chi connectivity index (χ2n) is 8.10. The molecular weight excluding hydrogens is 491 g/mol. The first-order valence-corrected chi connectivity index (χ1v) is 11.4. The van der Waals surface area contributed by atoms with Gasteiger partial charge in [0.2, 0.25) is 0 Å². The topological polar surface area (TPSA) is 146 Å². The summed E-state index contributed by atoms with van der Waals surface area (Å²) in [5.41, 5.74) is 8.14. The molecule has 3 aromatic heterocycles. The number of aromatic hydroxyl groups is 1. The lowest BCUT2D eigenvalue weighted by molar-refractivity contribution is 0.0940. The first-order chi connectivity index (χ1) is 16.8. The van der Waals surface area contributed by atoms with E-state index in [9.17, 15) is 9.90 Å². The molecule has 1 aliphatic heterocycles. The quantitative estimate of drug-likeness (QED) is 0.238. The number of nitrogens with zero attached hydrogens (tertiary/aromatic N) is 5. The molecule has 0 saturated carbocycles. The minimum absolute atomic E-state index is 0.0393. The standard InChI is InChI=1S/C23H20Cl2N8O2/c24-15-8-13(33-11-30-21-17(33)2-1-6-28-21)3-4-14(15)23(35)31-12-5-7-32(10-12)22-19(34)18(20(26)27)16(25)9-29-22/h1-4,6,8-9,11-12,34H,5,7,10H2,(H3,26,27)(H,31,35)/t12-/m1/s1. The van der Waals surface area contributed by atoms with Crippen LogP contribution in [-0.4, -0.2) is 55.5 Å². The number of anilines is 1. The maximum Gasteiger partial charge on any atom is 0.253 e. The molecule has 12 heteroatoms. The van der Waals surface area contributed by atoms with E-state index in [1.165, 1.54) is 6.20 Å². The Morgan fingerprint density at radius 1 is 1.20 bits per heavy atom. The van der Waals surface area contributed by atoms with Crippen molar-refractivity contribution in [3.8, 4) is 11.4 Å². The number of benzene rings is 1. The van der Waals surface area contributed by atoms with Gasteiger partial charge in [0.05, 0.1) is 26.7 Å². The highest BCUT2D eigenvalue weighted by Gasteiger charge is 2.29. The van der Waals surface area contributed by atoms with Gasteiger partial charge in [-0.1, -0.05) is 23.2 Å². The predicted molar refractivity (Wildman–Crippen MR) is 134 cm³/mol. The molecule has 178 valence electrons. The van der Waals surface area contributed by atoms with Crippen molar-refractivity contribution in [1.29, 1.82) is 5.41 Å². The number of halogens is 2. The first-order valence-electron chi connectivity index (χ1n) is 10.7. The maximum absolute atomic E-state index is 13.0. The summed E-state index contributed by atoms with van der Waals surface area (Å²) in [6, 6.07) is 8.73. The zero-order valence-electron chi connectivity index (χ0n) is 18.2. The molecule has 0 aliphatic carbocycles. The summed E-state index contributed by atoms with van der Waals surface area (Å²) in [6.07, 6.45) is 5.32. The Labute approximate surface area is 209 Å². The van der Waals surface area contributed by atoms with E-state index in [-0.39, 0.29) is 39.9 Å². The van der Waals surface area contributed by atoms with E-state index in [1.807, 2.05) is 21.6 Å². The molecule has 1 amide bonds. The van der Waals surface area contributed by atoms with Gasteiger partial charge >= 0.3 is 0 Å². The van der Waals surface area contributed by atoms with Crippen LogP contribution in [0.2, 0.25) is 10.0 Å². The largest absolute Gasteiger partial charge is 0.504 e. The van der Waals surface area contributed by atoms with Gasteiger partial charge in [-0.2, -0.15) is 0 Å². The normalized spacial score (nSPS) is 15.5. The van der Waals surface area contributed by atoms with Crippen LogP contribution in [0.4, 0.5) is 5.82 Å². The minimum Gasteiger partial charge on any atom is -0.504 e. The molecule has 4 heterocycles. The first kappa shape index (κ1) is 22.9. The third-order valence-corrected chi connectivity index (χ3v) is 6.48. The van der Waals surface area contributed by atoms with Crippen molar-refractivity contribution in [2.75, 3.05) is 18.0 Å². The van der Waals surface area contributed by atoms with Gasteiger partial charge in [-0.05, 0) is 36.8 Å². The summed E-state index contributed by atoms with van der Waals surface area (Å²) in [7, 11) is 0. The fourth-order valence-electron chi connectivity index (χ4n) is 4.18. The van der Waals surface area contributed by atoms with Gasteiger partial charge in [0, 0.05) is 37.2 Å². The summed E-state index contributed by atoms with van der Waals surface area (Å²) in [4.78, 5) is 27.5. The molecule has 1 saturated heterocycles. The smallest absolute Gasteiger partial charge is 0.253 e. The Morgan fingerprint density at radius 2 is 2.03 bits per heavy atom. The molecule has 10 nitrogen and oxygen atoms in total. The van der Waals surface area contributed by atoms with Crippen LogP contribution in [0.3, 0.4) is 0 Å². The number of amides is 1. The molecule has 5 rings (SSSR count). The molecule has 1 aliphatic rings. The minimum atomic E-state index is -0.349. The zero-order chi connectivity index (χ0) is 24.7. The zero-order valence-corrected chi connectivity index (χ0v) is 19.8. The molecule has 1 atom stereocenters. The molecule has 0 unspecified atom stereocenters. The second kappa shape index (κ2) is 9.05. The van der Waals surface area contributed by atoms with Crippen LogP contribution < -0.4 is 16.0 Å². The van der Waals surface area contributed by atoms with Crippen molar-refractivity contribution >= 4 is 51.9 Å². The Morgan fingerprint density at radius 3 is 2.80 bits per heavy atom. The van der Waals surface area contributed by atoms with Gasteiger partial charge in [-0.15, -0.1) is 0 Å². The van der Waals surface area contributed by atoms with Crippen LogP contribution in [0, 0.1) is 5.41 Å². The summed E-state index contributed by atoms with van der Waals surface area (Å²) in [5.74, 6) is -0.639. The van der Waals surface area contributed by atoms with Gasteiger partial charge in [-0.3, -0.25) is 14.8 Å². The van der Waals surface area contributed by atoms with Crippen molar-refractivity contribution in [2.45, 2.75) is 12.5 Å². The second-order valence-corrected chi connectivity index (χ2v) is 8.91. The van der Waals surface area contributed by atoms with Crippen molar-refractivity contribution < 1.29 is 9.90 Å². The van der Waals surface area contributed by atoms with E-state index in [2.05, 4.69) is 20.3 Å². The Balaban J connectivity index is 1.30. The van der Waals surface area contributed by atoms with Crippen LogP contribution >= 0.6 is 23.2 Å². The summed E-state index contributed by atoms with van der Waals surface area (Å²) < 4.78 is 1.85.